The predicted octanol–water partition coefficient (Wildman–Crippen LogP) is 4.37. The van der Waals surface area contributed by atoms with E-state index in [-0.39, 0.29) is 0 Å². The van der Waals surface area contributed by atoms with Crippen molar-refractivity contribution in [1.82, 2.24) is 4.98 Å². The second kappa shape index (κ2) is 4.82. The minimum absolute atomic E-state index is 0.612. The fraction of sp³-hybridized carbons (Fsp3) is 0. The molecule has 19 heavy (non-hydrogen) atoms. The minimum Gasteiger partial charge on any atom is -0.298 e. The van der Waals surface area contributed by atoms with Gasteiger partial charge in [0.25, 0.3) is 0 Å². The van der Waals surface area contributed by atoms with Crippen molar-refractivity contribution in [3.63, 3.8) is 0 Å². The number of aromatic nitrogens is 1. The van der Waals surface area contributed by atoms with E-state index in [9.17, 15) is 4.79 Å². The third kappa shape index (κ3) is 2.11. The Bertz CT molecular complexity index is 762. The monoisotopic (exact) mass is 267 g/mol. The van der Waals surface area contributed by atoms with Crippen molar-refractivity contribution in [2.24, 2.45) is 0 Å². The molecule has 0 spiro atoms. The van der Waals surface area contributed by atoms with Gasteiger partial charge in [0.05, 0.1) is 0 Å². The molecule has 0 aliphatic carbocycles. The Kier molecular flexibility index (Phi) is 3.02. The van der Waals surface area contributed by atoms with Crippen LogP contribution in [0.5, 0.6) is 0 Å². The van der Waals surface area contributed by atoms with E-state index in [1.54, 1.807) is 24.5 Å². The molecule has 1 heterocycles. The Morgan fingerprint density at radius 1 is 1.05 bits per heavy atom. The molecule has 0 amide bonds. The molecule has 3 aromatic rings. The molecule has 0 saturated carbocycles. The predicted molar refractivity (Wildman–Crippen MR) is 77.6 cm³/mol. The molecule has 0 bridgehead atoms. The van der Waals surface area contributed by atoms with Crippen LogP contribution in [-0.2, 0) is 0 Å². The lowest BCUT2D eigenvalue weighted by atomic mass is 9.96. The van der Waals surface area contributed by atoms with Crippen LogP contribution in [0.4, 0.5) is 0 Å². The number of hydrogen-bond acceptors (Lipinski definition) is 2. The average molecular weight is 268 g/mol. The largest absolute Gasteiger partial charge is 0.298 e. The number of halogens is 1. The van der Waals surface area contributed by atoms with Crippen LogP contribution in [-0.4, -0.2) is 11.3 Å². The summed E-state index contributed by atoms with van der Waals surface area (Å²) in [5, 5.41) is 2.71. The third-order valence-electron chi connectivity index (χ3n) is 3.12. The lowest BCUT2D eigenvalue weighted by Crippen LogP contribution is -1.89. The number of nitrogens with zero attached hydrogens (tertiary/aromatic N) is 1. The molecule has 0 aliphatic rings. The Hall–Kier alpha value is -2.19. The van der Waals surface area contributed by atoms with Crippen molar-refractivity contribution in [3.8, 4) is 11.1 Å². The van der Waals surface area contributed by atoms with Gasteiger partial charge in [0, 0.05) is 28.4 Å². The number of carbonyl (C=O) groups is 1. The van der Waals surface area contributed by atoms with Crippen molar-refractivity contribution in [2.75, 3.05) is 0 Å². The summed E-state index contributed by atoms with van der Waals surface area (Å²) in [6.07, 6.45) is 4.41. The number of aldehydes is 1. The maximum Gasteiger partial charge on any atom is 0.150 e. The SMILES string of the molecule is O=Cc1ccc(Cl)cc1-c1cccc2ccncc12. The average Bonchev–Trinajstić information content (AvgIpc) is 2.46. The zero-order chi connectivity index (χ0) is 13.2. The molecular weight excluding hydrogens is 258 g/mol. The highest BCUT2D eigenvalue weighted by atomic mass is 35.5. The quantitative estimate of drug-likeness (QED) is 0.646. The highest BCUT2D eigenvalue weighted by Gasteiger charge is 2.09. The first-order valence-corrected chi connectivity index (χ1v) is 6.25. The highest BCUT2D eigenvalue weighted by Crippen LogP contribution is 2.31. The Morgan fingerprint density at radius 3 is 2.79 bits per heavy atom. The van der Waals surface area contributed by atoms with Gasteiger partial charge in [-0.25, -0.2) is 0 Å². The number of pyridine rings is 1. The zero-order valence-corrected chi connectivity index (χ0v) is 10.8. The molecular formula is C16H10ClNO. The molecule has 0 unspecified atom stereocenters. The minimum atomic E-state index is 0.612. The topological polar surface area (TPSA) is 30.0 Å². The summed E-state index contributed by atoms with van der Waals surface area (Å²) in [5.41, 5.74) is 2.43. The number of rotatable bonds is 2. The van der Waals surface area contributed by atoms with Crippen LogP contribution >= 0.6 is 11.6 Å². The molecule has 1 aromatic heterocycles. The number of carbonyl (C=O) groups excluding carboxylic acids is 1. The van der Waals surface area contributed by atoms with Gasteiger partial charge in [-0.05, 0) is 40.8 Å². The summed E-state index contributed by atoms with van der Waals surface area (Å²) < 4.78 is 0. The highest BCUT2D eigenvalue weighted by molar-refractivity contribution is 6.31. The van der Waals surface area contributed by atoms with Crippen LogP contribution in [0.15, 0.2) is 54.9 Å². The lowest BCUT2D eigenvalue weighted by molar-refractivity contribution is 0.112. The van der Waals surface area contributed by atoms with Crippen LogP contribution < -0.4 is 0 Å². The summed E-state index contributed by atoms with van der Waals surface area (Å²) >= 11 is 6.04. The Labute approximate surface area is 115 Å². The number of benzene rings is 2. The van der Waals surface area contributed by atoms with E-state index in [4.69, 9.17) is 11.6 Å². The fourth-order valence-corrected chi connectivity index (χ4v) is 2.38. The number of hydrogen-bond donors (Lipinski definition) is 0. The zero-order valence-electron chi connectivity index (χ0n) is 10.0. The van der Waals surface area contributed by atoms with E-state index < -0.39 is 0 Å². The van der Waals surface area contributed by atoms with Gasteiger partial charge in [-0.15, -0.1) is 0 Å². The molecule has 0 N–H and O–H groups in total. The van der Waals surface area contributed by atoms with Gasteiger partial charge in [-0.1, -0.05) is 29.8 Å². The molecule has 2 aromatic carbocycles. The molecule has 3 rings (SSSR count). The normalized spacial score (nSPS) is 10.6. The Morgan fingerprint density at radius 2 is 1.95 bits per heavy atom. The van der Waals surface area contributed by atoms with E-state index in [2.05, 4.69) is 4.98 Å². The van der Waals surface area contributed by atoms with Gasteiger partial charge in [0.2, 0.25) is 0 Å². The van der Waals surface area contributed by atoms with Crippen LogP contribution in [0.2, 0.25) is 5.02 Å². The Balaban J connectivity index is 2.36. The molecule has 0 fully saturated rings. The summed E-state index contributed by atoms with van der Waals surface area (Å²) in [6.45, 7) is 0. The van der Waals surface area contributed by atoms with Crippen molar-refractivity contribution < 1.29 is 4.79 Å². The summed E-state index contributed by atoms with van der Waals surface area (Å²) in [7, 11) is 0. The van der Waals surface area contributed by atoms with E-state index >= 15 is 0 Å². The standard InChI is InChI=1S/C16H10ClNO/c17-13-5-4-12(10-19)15(8-13)14-3-1-2-11-6-7-18-9-16(11)14/h1-10H. The summed E-state index contributed by atoms with van der Waals surface area (Å²) in [5.74, 6) is 0. The van der Waals surface area contributed by atoms with Crippen molar-refractivity contribution >= 4 is 28.7 Å². The molecule has 92 valence electrons. The fourth-order valence-electron chi connectivity index (χ4n) is 2.21. The van der Waals surface area contributed by atoms with E-state index in [1.165, 1.54) is 0 Å². The van der Waals surface area contributed by atoms with Gasteiger partial charge < -0.3 is 0 Å². The van der Waals surface area contributed by atoms with Gasteiger partial charge >= 0.3 is 0 Å². The third-order valence-corrected chi connectivity index (χ3v) is 3.35. The van der Waals surface area contributed by atoms with Gasteiger partial charge in [0.1, 0.15) is 0 Å². The lowest BCUT2D eigenvalue weighted by Gasteiger charge is -2.09. The van der Waals surface area contributed by atoms with Gasteiger partial charge in [0.15, 0.2) is 6.29 Å². The second-order valence-electron chi connectivity index (χ2n) is 4.25. The molecule has 2 nitrogen and oxygen atoms in total. The van der Waals surface area contributed by atoms with E-state index in [0.29, 0.717) is 10.6 Å². The summed E-state index contributed by atoms with van der Waals surface area (Å²) in [4.78, 5) is 15.3. The van der Waals surface area contributed by atoms with E-state index in [1.807, 2.05) is 30.3 Å². The van der Waals surface area contributed by atoms with Crippen LogP contribution in [0, 0.1) is 0 Å². The molecule has 0 radical (unpaired) electrons. The van der Waals surface area contributed by atoms with Gasteiger partial charge in [-0.2, -0.15) is 0 Å². The van der Waals surface area contributed by atoms with Crippen LogP contribution in [0.1, 0.15) is 10.4 Å². The molecule has 0 atom stereocenters. The maximum atomic E-state index is 11.2. The summed E-state index contributed by atoms with van der Waals surface area (Å²) in [6, 6.07) is 13.2. The smallest absolute Gasteiger partial charge is 0.150 e. The van der Waals surface area contributed by atoms with Crippen LogP contribution in [0.3, 0.4) is 0 Å². The van der Waals surface area contributed by atoms with Crippen LogP contribution in [0.25, 0.3) is 21.9 Å². The molecule has 0 saturated heterocycles. The van der Waals surface area contributed by atoms with Crippen molar-refractivity contribution in [2.45, 2.75) is 0 Å². The van der Waals surface area contributed by atoms with E-state index in [0.717, 1.165) is 28.2 Å². The van der Waals surface area contributed by atoms with Crippen molar-refractivity contribution in [3.05, 3.63) is 65.4 Å². The second-order valence-corrected chi connectivity index (χ2v) is 4.69. The maximum absolute atomic E-state index is 11.2. The van der Waals surface area contributed by atoms with Gasteiger partial charge in [-0.3, -0.25) is 9.78 Å². The first-order valence-electron chi connectivity index (χ1n) is 5.87. The first-order chi connectivity index (χ1) is 9.29. The molecule has 0 aliphatic heterocycles. The number of fused-ring (bicyclic) bond motifs is 1. The first kappa shape index (κ1) is 11.9. The van der Waals surface area contributed by atoms with Crippen molar-refractivity contribution in [1.29, 1.82) is 0 Å². The molecule has 3 heteroatoms.